The molecule has 1 heterocycles. The van der Waals surface area contributed by atoms with Gasteiger partial charge < -0.3 is 5.11 Å². The molecule has 14 heavy (non-hydrogen) atoms. The van der Waals surface area contributed by atoms with E-state index in [1.807, 2.05) is 13.0 Å². The van der Waals surface area contributed by atoms with Crippen LogP contribution in [0, 0.1) is 6.92 Å². The molecule has 0 aliphatic rings. The zero-order valence-corrected chi connectivity index (χ0v) is 7.97. The highest BCUT2D eigenvalue weighted by Gasteiger charge is 2.06. The number of aryl methyl sites for hydroxylation is 2. The van der Waals surface area contributed by atoms with Crippen LogP contribution in [-0.4, -0.2) is 25.3 Å². The van der Waals surface area contributed by atoms with Crippen LogP contribution in [0.4, 0.5) is 0 Å². The van der Waals surface area contributed by atoms with Crippen LogP contribution in [0.2, 0.25) is 0 Å². The lowest BCUT2D eigenvalue weighted by Gasteiger charge is -2.02. The average Bonchev–Trinajstić information content (AvgIpc) is 2.57. The van der Waals surface area contributed by atoms with E-state index >= 15 is 0 Å². The summed E-state index contributed by atoms with van der Waals surface area (Å²) in [5, 5.41) is 20.5. The summed E-state index contributed by atoms with van der Waals surface area (Å²) in [6.07, 6.45) is 0. The van der Waals surface area contributed by atoms with E-state index in [9.17, 15) is 5.11 Å². The highest BCUT2D eigenvalue weighted by Crippen LogP contribution is 2.22. The molecule has 5 heteroatoms. The van der Waals surface area contributed by atoms with Crippen molar-refractivity contribution >= 4 is 0 Å². The predicted octanol–water partition coefficient (Wildman–Crippen LogP) is 0.891. The Hall–Kier alpha value is -1.91. The molecule has 0 radical (unpaired) electrons. The van der Waals surface area contributed by atoms with Crippen LogP contribution in [0.5, 0.6) is 5.75 Å². The molecular weight excluding hydrogens is 180 g/mol. The summed E-state index contributed by atoms with van der Waals surface area (Å²) < 4.78 is 1.59. The quantitative estimate of drug-likeness (QED) is 0.725. The van der Waals surface area contributed by atoms with Crippen molar-refractivity contribution in [3.63, 3.8) is 0 Å². The first-order valence-corrected chi connectivity index (χ1v) is 4.21. The van der Waals surface area contributed by atoms with Crippen LogP contribution in [-0.2, 0) is 7.05 Å². The Kier molecular flexibility index (Phi) is 1.92. The molecule has 1 N–H and O–H groups in total. The molecule has 5 nitrogen and oxygen atoms in total. The summed E-state index contributed by atoms with van der Waals surface area (Å²) in [7, 11) is 1.78. The molecule has 0 aliphatic carbocycles. The molecule has 2 rings (SSSR count). The highest BCUT2D eigenvalue weighted by atomic mass is 16.3. The van der Waals surface area contributed by atoms with Crippen molar-refractivity contribution < 1.29 is 5.11 Å². The molecule has 1 aromatic carbocycles. The smallest absolute Gasteiger partial charge is 0.181 e. The van der Waals surface area contributed by atoms with Crippen molar-refractivity contribution in [1.29, 1.82) is 0 Å². The first-order chi connectivity index (χ1) is 6.68. The van der Waals surface area contributed by atoms with Gasteiger partial charge in [0.25, 0.3) is 0 Å². The molecule has 0 saturated heterocycles. The number of hydrogen-bond acceptors (Lipinski definition) is 4. The Morgan fingerprint density at radius 2 is 2.14 bits per heavy atom. The molecule has 0 fully saturated rings. The van der Waals surface area contributed by atoms with Crippen molar-refractivity contribution in [2.75, 3.05) is 0 Å². The highest BCUT2D eigenvalue weighted by molar-refractivity contribution is 5.57. The van der Waals surface area contributed by atoms with E-state index in [0.717, 1.165) is 11.1 Å². The normalized spacial score (nSPS) is 10.4. The van der Waals surface area contributed by atoms with Crippen molar-refractivity contribution in [1.82, 2.24) is 20.2 Å². The van der Waals surface area contributed by atoms with Crippen LogP contribution in [0.1, 0.15) is 5.56 Å². The third-order valence-corrected chi connectivity index (χ3v) is 2.08. The minimum atomic E-state index is 0.281. The maximum absolute atomic E-state index is 9.35. The average molecular weight is 190 g/mol. The van der Waals surface area contributed by atoms with E-state index in [1.165, 1.54) is 0 Å². The Morgan fingerprint density at radius 1 is 1.36 bits per heavy atom. The Balaban J connectivity index is 2.53. The molecule has 0 amide bonds. The number of hydrogen-bond donors (Lipinski definition) is 1. The van der Waals surface area contributed by atoms with Gasteiger partial charge >= 0.3 is 0 Å². The van der Waals surface area contributed by atoms with Crippen LogP contribution in [0.3, 0.4) is 0 Å². The van der Waals surface area contributed by atoms with Gasteiger partial charge in [0, 0.05) is 12.6 Å². The van der Waals surface area contributed by atoms with Gasteiger partial charge in [0.2, 0.25) is 0 Å². The fraction of sp³-hybridized carbons (Fsp3) is 0.222. The molecule has 0 aliphatic heterocycles. The van der Waals surface area contributed by atoms with Gasteiger partial charge in [-0.2, -0.15) is 0 Å². The van der Waals surface area contributed by atoms with E-state index < -0.39 is 0 Å². The van der Waals surface area contributed by atoms with Crippen LogP contribution in [0.25, 0.3) is 11.4 Å². The zero-order valence-electron chi connectivity index (χ0n) is 7.97. The minimum Gasteiger partial charge on any atom is -0.508 e. The summed E-state index contributed by atoms with van der Waals surface area (Å²) in [6, 6.07) is 5.27. The maximum Gasteiger partial charge on any atom is 0.181 e. The second kappa shape index (κ2) is 3.10. The zero-order chi connectivity index (χ0) is 10.1. The monoisotopic (exact) mass is 190 g/mol. The number of phenols is 1. The Morgan fingerprint density at radius 3 is 2.71 bits per heavy atom. The van der Waals surface area contributed by atoms with Crippen molar-refractivity contribution in [2.45, 2.75) is 6.92 Å². The molecule has 0 saturated carbocycles. The second-order valence-corrected chi connectivity index (χ2v) is 3.13. The van der Waals surface area contributed by atoms with Crippen molar-refractivity contribution in [3.8, 4) is 17.1 Å². The van der Waals surface area contributed by atoms with Crippen LogP contribution >= 0.6 is 0 Å². The number of rotatable bonds is 1. The molecule has 1 aromatic heterocycles. The second-order valence-electron chi connectivity index (χ2n) is 3.13. The summed E-state index contributed by atoms with van der Waals surface area (Å²) in [6.45, 7) is 1.84. The third kappa shape index (κ3) is 1.32. The minimum absolute atomic E-state index is 0.281. The number of phenolic OH excluding ortho intramolecular Hbond substituents is 1. The van der Waals surface area contributed by atoms with E-state index in [0.29, 0.717) is 5.82 Å². The maximum atomic E-state index is 9.35. The lowest BCUT2D eigenvalue weighted by molar-refractivity contribution is 0.471. The summed E-state index contributed by atoms with van der Waals surface area (Å²) >= 11 is 0. The summed E-state index contributed by atoms with van der Waals surface area (Å²) in [5.74, 6) is 0.969. The Labute approximate surface area is 81.0 Å². The largest absolute Gasteiger partial charge is 0.508 e. The van der Waals surface area contributed by atoms with E-state index in [4.69, 9.17) is 0 Å². The number of tetrazole rings is 1. The lowest BCUT2D eigenvalue weighted by atomic mass is 10.1. The van der Waals surface area contributed by atoms with Crippen LogP contribution < -0.4 is 0 Å². The third-order valence-electron chi connectivity index (χ3n) is 2.08. The van der Waals surface area contributed by atoms with Gasteiger partial charge in [-0.15, -0.1) is 5.10 Å². The number of nitrogens with zero attached hydrogens (tertiary/aromatic N) is 4. The molecule has 2 aromatic rings. The van der Waals surface area contributed by atoms with Gasteiger partial charge in [0.1, 0.15) is 5.75 Å². The molecule has 72 valence electrons. The van der Waals surface area contributed by atoms with E-state index in [2.05, 4.69) is 15.5 Å². The van der Waals surface area contributed by atoms with Gasteiger partial charge in [-0.1, -0.05) is 0 Å². The first kappa shape index (κ1) is 8.68. The van der Waals surface area contributed by atoms with E-state index in [-0.39, 0.29) is 5.75 Å². The molecule has 0 atom stereocenters. The van der Waals surface area contributed by atoms with E-state index in [1.54, 1.807) is 23.9 Å². The lowest BCUT2D eigenvalue weighted by Crippen LogP contribution is -1.94. The fourth-order valence-electron chi connectivity index (χ4n) is 1.27. The van der Waals surface area contributed by atoms with Gasteiger partial charge in [-0.3, -0.25) is 0 Å². The van der Waals surface area contributed by atoms with Crippen molar-refractivity contribution in [3.05, 3.63) is 23.8 Å². The van der Waals surface area contributed by atoms with Gasteiger partial charge in [0.15, 0.2) is 5.82 Å². The van der Waals surface area contributed by atoms with Crippen molar-refractivity contribution in [2.24, 2.45) is 7.05 Å². The molecule has 0 spiro atoms. The fourth-order valence-corrected chi connectivity index (χ4v) is 1.27. The predicted molar refractivity (Wildman–Crippen MR) is 50.6 cm³/mol. The number of aromatic hydroxyl groups is 1. The SMILES string of the molecule is Cc1cc(-c2nnnn2C)ccc1O. The standard InChI is InChI=1S/C9H10N4O/c1-6-5-7(3-4-8(6)14)9-10-11-12-13(9)2/h3-5,14H,1-2H3. The molecule has 0 bridgehead atoms. The topological polar surface area (TPSA) is 63.8 Å². The van der Waals surface area contributed by atoms with Gasteiger partial charge in [-0.25, -0.2) is 4.68 Å². The summed E-state index contributed by atoms with van der Waals surface area (Å²) in [5.41, 5.74) is 1.71. The van der Waals surface area contributed by atoms with Gasteiger partial charge in [-0.05, 0) is 41.1 Å². The number of aromatic nitrogens is 4. The number of benzene rings is 1. The Bertz CT molecular complexity index is 464. The first-order valence-electron chi connectivity index (χ1n) is 4.21. The van der Waals surface area contributed by atoms with Gasteiger partial charge in [0.05, 0.1) is 0 Å². The molecular formula is C9H10N4O. The molecule has 0 unspecified atom stereocenters. The summed E-state index contributed by atoms with van der Waals surface area (Å²) in [4.78, 5) is 0. The van der Waals surface area contributed by atoms with Crippen LogP contribution in [0.15, 0.2) is 18.2 Å².